The number of hydrogen-bond donors (Lipinski definition) is 9. The Morgan fingerprint density at radius 3 is 0.914 bits per heavy atom. The van der Waals surface area contributed by atoms with Crippen LogP contribution >= 0.6 is 0 Å². The van der Waals surface area contributed by atoms with E-state index in [0.717, 1.165) is 51.4 Å². The van der Waals surface area contributed by atoms with Crippen LogP contribution in [0.3, 0.4) is 0 Å². The number of amides is 1. The third-order valence-corrected chi connectivity index (χ3v) is 20.6. The minimum Gasteiger partial charge on any atom is -0.394 e. The van der Waals surface area contributed by atoms with Crippen molar-refractivity contribution in [1.82, 2.24) is 5.32 Å². The molecule has 0 aliphatic carbocycles. The van der Waals surface area contributed by atoms with E-state index in [1.54, 1.807) is 0 Å². The van der Waals surface area contributed by atoms with Crippen molar-refractivity contribution in [2.45, 2.75) is 479 Å². The fraction of sp³-hybridized carbons (Fsp3) is 0.987. The Balaban J connectivity index is 1.56. The summed E-state index contributed by atoms with van der Waals surface area (Å²) in [7, 11) is 0. The van der Waals surface area contributed by atoms with Gasteiger partial charge in [0.25, 0.3) is 0 Å². The summed E-state index contributed by atoms with van der Waals surface area (Å²) in [6.07, 6.45) is 63.0. The zero-order valence-corrected chi connectivity index (χ0v) is 60.8. The van der Waals surface area contributed by atoms with Gasteiger partial charge in [-0.25, -0.2) is 0 Å². The second kappa shape index (κ2) is 64.4. The molecule has 554 valence electrons. The van der Waals surface area contributed by atoms with E-state index in [1.807, 2.05) is 0 Å². The maximum absolute atomic E-state index is 13.4. The van der Waals surface area contributed by atoms with E-state index in [1.165, 1.54) is 327 Å². The van der Waals surface area contributed by atoms with Crippen molar-refractivity contribution in [1.29, 1.82) is 0 Å². The first-order chi connectivity index (χ1) is 45.6. The molecule has 12 unspecified atom stereocenters. The lowest BCUT2D eigenvalue weighted by Crippen LogP contribution is -2.65. The van der Waals surface area contributed by atoms with Crippen LogP contribution in [0.2, 0.25) is 0 Å². The molecule has 0 radical (unpaired) electrons. The van der Waals surface area contributed by atoms with Crippen molar-refractivity contribution in [3.8, 4) is 0 Å². The molecule has 14 nitrogen and oxygen atoms in total. The highest BCUT2D eigenvalue weighted by Gasteiger charge is 2.51. The summed E-state index contributed by atoms with van der Waals surface area (Å²) >= 11 is 0. The number of aliphatic hydroxyl groups excluding tert-OH is 8. The minimum atomic E-state index is -1.78. The molecule has 14 heteroatoms. The van der Waals surface area contributed by atoms with Gasteiger partial charge >= 0.3 is 0 Å². The highest BCUT2D eigenvalue weighted by Crippen LogP contribution is 2.31. The van der Waals surface area contributed by atoms with Gasteiger partial charge in [0.1, 0.15) is 48.8 Å². The molecule has 0 spiro atoms. The summed E-state index contributed by atoms with van der Waals surface area (Å²) in [4.78, 5) is 13.4. The predicted molar refractivity (Wildman–Crippen MR) is 383 cm³/mol. The molecule has 9 N–H and O–H groups in total. The van der Waals surface area contributed by atoms with Gasteiger partial charge in [-0.1, -0.05) is 386 Å². The minimum absolute atomic E-state index is 0.195. The van der Waals surface area contributed by atoms with Gasteiger partial charge in [-0.15, -0.1) is 0 Å². The van der Waals surface area contributed by atoms with Crippen LogP contribution in [0.15, 0.2) is 0 Å². The lowest BCUT2D eigenvalue weighted by Gasteiger charge is -2.46. The largest absolute Gasteiger partial charge is 0.394 e. The highest BCUT2D eigenvalue weighted by atomic mass is 16.7. The first-order valence-corrected chi connectivity index (χ1v) is 40.8. The molecule has 0 aromatic heterocycles. The number of carbonyl (C=O) groups excluding carboxylic acids is 1. The van der Waals surface area contributed by atoms with Gasteiger partial charge in [-0.2, -0.15) is 0 Å². The maximum Gasteiger partial charge on any atom is 0.220 e. The molecule has 12 atom stereocenters. The fourth-order valence-electron chi connectivity index (χ4n) is 14.1. The molecular weight excluding hydrogens is 1170 g/mol. The van der Waals surface area contributed by atoms with Crippen LogP contribution in [0.1, 0.15) is 406 Å². The van der Waals surface area contributed by atoms with E-state index in [9.17, 15) is 45.6 Å². The van der Waals surface area contributed by atoms with Crippen LogP contribution in [0.5, 0.6) is 0 Å². The number of aliphatic hydroxyl groups is 8. The molecular formula is C79H155NO13. The SMILES string of the molecule is CCCCCCCCCCCCCCCCCCCCCCCCCCCCCCCCCCCCCCCC(=O)NC(COC1OC(CO)C(OC2OC(CO)C(O)C(O)C2O)C(O)C1O)C(O)CCCCCCCCCCCCCCCCCCCCCCCC. The number of nitrogens with one attached hydrogen (secondary N) is 1. The predicted octanol–water partition coefficient (Wildman–Crippen LogP) is 18.3. The van der Waals surface area contributed by atoms with Gasteiger partial charge in [-0.3, -0.25) is 4.79 Å². The van der Waals surface area contributed by atoms with Crippen LogP contribution in [0.25, 0.3) is 0 Å². The first-order valence-electron chi connectivity index (χ1n) is 40.8. The van der Waals surface area contributed by atoms with Gasteiger partial charge in [0.15, 0.2) is 12.6 Å². The Labute approximate surface area is 572 Å². The van der Waals surface area contributed by atoms with Crippen molar-refractivity contribution >= 4 is 5.91 Å². The topological polar surface area (TPSA) is 228 Å². The van der Waals surface area contributed by atoms with Gasteiger partial charge in [0, 0.05) is 6.42 Å². The van der Waals surface area contributed by atoms with Crippen molar-refractivity contribution in [2.24, 2.45) is 0 Å². The molecule has 1 amide bonds. The van der Waals surface area contributed by atoms with Crippen molar-refractivity contribution in [3.05, 3.63) is 0 Å². The molecule has 2 fully saturated rings. The number of unbranched alkanes of at least 4 members (excludes halogenated alkanes) is 57. The van der Waals surface area contributed by atoms with E-state index in [2.05, 4.69) is 19.2 Å². The zero-order valence-electron chi connectivity index (χ0n) is 60.8. The van der Waals surface area contributed by atoms with Crippen LogP contribution in [-0.4, -0.2) is 140 Å². The summed E-state index contributed by atoms with van der Waals surface area (Å²) in [5, 5.41) is 87.8. The Bertz CT molecular complexity index is 1560. The second-order valence-corrected chi connectivity index (χ2v) is 29.3. The lowest BCUT2D eigenvalue weighted by molar-refractivity contribution is -0.359. The van der Waals surface area contributed by atoms with Crippen LogP contribution in [0, 0.1) is 0 Å². The lowest BCUT2D eigenvalue weighted by atomic mass is 9.97. The Morgan fingerprint density at radius 2 is 0.613 bits per heavy atom. The molecule has 0 saturated carbocycles. The Morgan fingerprint density at radius 1 is 0.344 bits per heavy atom. The summed E-state index contributed by atoms with van der Waals surface area (Å²) in [6.45, 7) is 2.94. The van der Waals surface area contributed by atoms with E-state index in [-0.39, 0.29) is 12.5 Å². The standard InChI is InChI=1S/C79H155NO13/c1-3-5-7-9-11-13-15-17-19-21-23-25-27-28-29-30-31-32-33-34-35-36-37-38-39-40-41-43-45-47-49-51-53-55-57-59-61-63-71(84)80-67(66-90-78-76(89)74(87)77(70(65-82)92-78)93-79-75(88)73(86)72(85)69(64-81)91-79)68(83)62-60-58-56-54-52-50-48-46-44-42-26-24-22-20-18-16-14-12-10-8-6-4-2/h67-70,72-79,81-83,85-89H,3-66H2,1-2H3,(H,80,84). The molecule has 0 bridgehead atoms. The highest BCUT2D eigenvalue weighted by molar-refractivity contribution is 5.76. The molecule has 2 heterocycles. The third-order valence-electron chi connectivity index (χ3n) is 20.6. The van der Waals surface area contributed by atoms with E-state index in [0.29, 0.717) is 12.8 Å². The van der Waals surface area contributed by atoms with Crippen LogP contribution in [-0.2, 0) is 23.7 Å². The summed E-state index contributed by atoms with van der Waals surface area (Å²) in [5.74, 6) is -0.195. The Kier molecular flexibility index (Phi) is 61.0. The second-order valence-electron chi connectivity index (χ2n) is 29.3. The molecule has 2 rings (SSSR count). The average molecular weight is 1330 g/mol. The Hall–Kier alpha value is -1.01. The van der Waals surface area contributed by atoms with E-state index < -0.39 is 86.8 Å². The molecule has 2 aliphatic heterocycles. The third kappa shape index (κ3) is 47.6. The van der Waals surface area contributed by atoms with Crippen molar-refractivity contribution in [2.75, 3.05) is 19.8 Å². The van der Waals surface area contributed by atoms with Crippen molar-refractivity contribution in [3.63, 3.8) is 0 Å². The summed E-state index contributed by atoms with van der Waals surface area (Å²) < 4.78 is 23.0. The summed E-state index contributed by atoms with van der Waals surface area (Å²) in [6, 6.07) is -0.825. The summed E-state index contributed by atoms with van der Waals surface area (Å²) in [5.41, 5.74) is 0. The first kappa shape index (κ1) is 88.1. The molecule has 2 saturated heterocycles. The van der Waals surface area contributed by atoms with Gasteiger partial charge in [0.2, 0.25) is 5.91 Å². The van der Waals surface area contributed by atoms with Crippen LogP contribution in [0.4, 0.5) is 0 Å². The normalized spacial score (nSPS) is 22.4. The molecule has 0 aromatic rings. The van der Waals surface area contributed by atoms with Crippen molar-refractivity contribution < 1.29 is 64.6 Å². The number of rotatable bonds is 70. The monoisotopic (exact) mass is 1330 g/mol. The zero-order chi connectivity index (χ0) is 67.3. The number of hydrogen-bond acceptors (Lipinski definition) is 13. The van der Waals surface area contributed by atoms with Gasteiger partial charge in [-0.05, 0) is 12.8 Å². The maximum atomic E-state index is 13.4. The average Bonchev–Trinajstić information content (AvgIpc) is 0.852. The number of ether oxygens (including phenoxy) is 4. The smallest absolute Gasteiger partial charge is 0.220 e. The quantitative estimate of drug-likeness (QED) is 0.0259. The molecule has 0 aromatic carbocycles. The molecule has 2 aliphatic rings. The van der Waals surface area contributed by atoms with Gasteiger partial charge < -0.3 is 65.1 Å². The number of carbonyl (C=O) groups is 1. The fourth-order valence-corrected chi connectivity index (χ4v) is 14.1. The van der Waals surface area contributed by atoms with E-state index >= 15 is 0 Å². The molecule has 93 heavy (non-hydrogen) atoms. The van der Waals surface area contributed by atoms with Gasteiger partial charge in [0.05, 0.1) is 32.0 Å². The van der Waals surface area contributed by atoms with E-state index in [4.69, 9.17) is 18.9 Å². The van der Waals surface area contributed by atoms with Crippen LogP contribution < -0.4 is 5.32 Å².